The van der Waals surface area contributed by atoms with Crippen molar-refractivity contribution in [3.05, 3.63) is 34.0 Å². The molecule has 2 aromatic heterocycles. The Morgan fingerprint density at radius 3 is 2.79 bits per heavy atom. The number of hydrazine groups is 1. The Kier molecular flexibility index (Phi) is 5.58. The minimum Gasteiger partial charge on any atom is -0.273 e. The van der Waals surface area contributed by atoms with Crippen molar-refractivity contribution in [2.24, 2.45) is 0 Å². The van der Waals surface area contributed by atoms with E-state index >= 15 is 0 Å². The Balaban J connectivity index is 1.49. The number of nitrogens with zero attached hydrogens (tertiary/aromatic N) is 3. The average molecular weight is 347 g/mol. The summed E-state index contributed by atoms with van der Waals surface area (Å²) in [5.74, 6) is -0.505. The van der Waals surface area contributed by atoms with Gasteiger partial charge in [0.2, 0.25) is 5.91 Å². The van der Waals surface area contributed by atoms with E-state index in [1.54, 1.807) is 22.3 Å². The number of amides is 2. The molecule has 0 aliphatic heterocycles. The van der Waals surface area contributed by atoms with Gasteiger partial charge in [0.05, 0.1) is 11.4 Å². The highest BCUT2D eigenvalue weighted by Gasteiger charge is 2.16. The van der Waals surface area contributed by atoms with Crippen LogP contribution >= 0.6 is 11.3 Å². The highest BCUT2D eigenvalue weighted by Crippen LogP contribution is 2.28. The number of nitrogens with one attached hydrogen (secondary N) is 2. The molecule has 2 heterocycles. The molecule has 1 aliphatic rings. The molecule has 3 rings (SSSR count). The predicted molar refractivity (Wildman–Crippen MR) is 90.4 cm³/mol. The maximum absolute atomic E-state index is 12.2. The fourth-order valence-corrected chi connectivity index (χ4v) is 3.92. The van der Waals surface area contributed by atoms with Gasteiger partial charge in [0, 0.05) is 11.3 Å². The molecule has 0 radical (unpaired) electrons. The smallest absolute Gasteiger partial charge is 0.273 e. The Hall–Kier alpha value is -2.22. The lowest BCUT2D eigenvalue weighted by Gasteiger charge is -2.07. The molecule has 0 saturated carbocycles. The van der Waals surface area contributed by atoms with E-state index in [0.29, 0.717) is 11.4 Å². The van der Waals surface area contributed by atoms with Crippen LogP contribution in [0, 0.1) is 0 Å². The van der Waals surface area contributed by atoms with Gasteiger partial charge < -0.3 is 0 Å². The number of carbonyl (C=O) groups is 2. The van der Waals surface area contributed by atoms with Crippen molar-refractivity contribution in [2.45, 2.75) is 51.5 Å². The molecule has 0 spiro atoms. The Labute approximate surface area is 144 Å². The van der Waals surface area contributed by atoms with E-state index in [4.69, 9.17) is 0 Å². The topological polar surface area (TPSA) is 88.9 Å². The van der Waals surface area contributed by atoms with Crippen LogP contribution in [-0.2, 0) is 24.2 Å². The van der Waals surface area contributed by atoms with Crippen molar-refractivity contribution >= 4 is 23.2 Å². The van der Waals surface area contributed by atoms with E-state index in [1.807, 2.05) is 6.07 Å². The van der Waals surface area contributed by atoms with Crippen molar-refractivity contribution in [1.82, 2.24) is 25.6 Å². The number of rotatable bonds is 4. The summed E-state index contributed by atoms with van der Waals surface area (Å²) in [6, 6.07) is 1.97. The summed E-state index contributed by atoms with van der Waals surface area (Å²) in [6.45, 7) is 0.426. The lowest BCUT2D eigenvalue weighted by Crippen LogP contribution is -2.41. The average Bonchev–Trinajstić information content (AvgIpc) is 3.20. The fourth-order valence-electron chi connectivity index (χ4n) is 2.77. The molecule has 0 bridgehead atoms. The monoisotopic (exact) mass is 347 g/mol. The first-order chi connectivity index (χ1) is 11.7. The summed E-state index contributed by atoms with van der Waals surface area (Å²) in [7, 11) is 0. The number of carbonyl (C=O) groups excluding carboxylic acids is 2. The second kappa shape index (κ2) is 8.05. The van der Waals surface area contributed by atoms with Crippen LogP contribution in [0.5, 0.6) is 0 Å². The quantitative estimate of drug-likeness (QED) is 0.826. The summed E-state index contributed by atoms with van der Waals surface area (Å²) in [5, 5.41) is 3.92. The summed E-state index contributed by atoms with van der Waals surface area (Å²) >= 11 is 1.54. The number of thiophene rings is 1. The number of fused-ring (bicyclic) bond motifs is 1. The van der Waals surface area contributed by atoms with Crippen molar-refractivity contribution < 1.29 is 9.59 Å². The molecule has 2 N–H and O–H groups in total. The van der Waals surface area contributed by atoms with Crippen molar-refractivity contribution in [3.63, 3.8) is 0 Å². The van der Waals surface area contributed by atoms with Gasteiger partial charge in [-0.25, -0.2) is 4.98 Å². The van der Waals surface area contributed by atoms with Crippen LogP contribution in [-0.4, -0.2) is 26.6 Å². The maximum atomic E-state index is 12.2. The molecular weight excluding hydrogens is 326 g/mol. The Morgan fingerprint density at radius 1 is 1.17 bits per heavy atom. The molecule has 7 nitrogen and oxygen atoms in total. The Bertz CT molecular complexity index is 670. The van der Waals surface area contributed by atoms with E-state index in [1.165, 1.54) is 42.5 Å². The zero-order valence-electron chi connectivity index (χ0n) is 13.5. The highest BCUT2D eigenvalue weighted by atomic mass is 32.1. The first-order valence-corrected chi connectivity index (χ1v) is 9.07. The molecule has 0 atom stereocenters. The first-order valence-electron chi connectivity index (χ1n) is 8.25. The third-order valence-corrected chi connectivity index (χ3v) is 5.31. The zero-order valence-corrected chi connectivity index (χ0v) is 14.3. The van der Waals surface area contributed by atoms with Gasteiger partial charge in [-0.05, 0) is 37.3 Å². The SMILES string of the molecule is O=C(CCn1cncn1)NNC(=O)c1cc2c(s1)CCCCCC2. The van der Waals surface area contributed by atoms with E-state index in [0.717, 1.165) is 12.8 Å². The van der Waals surface area contributed by atoms with Crippen LogP contribution in [0.2, 0.25) is 0 Å². The summed E-state index contributed by atoms with van der Waals surface area (Å²) in [5.41, 5.74) is 6.24. The van der Waals surface area contributed by atoms with E-state index in [9.17, 15) is 9.59 Å². The van der Waals surface area contributed by atoms with Gasteiger partial charge in [0.15, 0.2) is 0 Å². The van der Waals surface area contributed by atoms with E-state index in [2.05, 4.69) is 20.9 Å². The minimum absolute atomic E-state index is 0.227. The van der Waals surface area contributed by atoms with Crippen molar-refractivity contribution in [1.29, 1.82) is 0 Å². The predicted octanol–water partition coefficient (Wildman–Crippen LogP) is 1.85. The van der Waals surface area contributed by atoms with Gasteiger partial charge >= 0.3 is 0 Å². The standard InChI is InChI=1S/C16H21N5O2S/c22-15(7-8-21-11-17-10-18-21)19-20-16(23)14-9-12-5-3-1-2-4-6-13(12)24-14/h9-11H,1-8H2,(H,19,22)(H,20,23). The van der Waals surface area contributed by atoms with E-state index < -0.39 is 0 Å². The van der Waals surface area contributed by atoms with E-state index in [-0.39, 0.29) is 18.2 Å². The molecule has 2 amide bonds. The number of aromatic nitrogens is 3. The maximum Gasteiger partial charge on any atom is 0.279 e. The van der Waals surface area contributed by atoms with Gasteiger partial charge in [-0.1, -0.05) is 12.8 Å². The van der Waals surface area contributed by atoms with Crippen molar-refractivity contribution in [3.8, 4) is 0 Å². The minimum atomic E-state index is -0.256. The normalized spacial score (nSPS) is 14.3. The molecule has 0 fully saturated rings. The zero-order chi connectivity index (χ0) is 16.8. The molecule has 0 aromatic carbocycles. The van der Waals surface area contributed by atoms with Crippen LogP contribution in [0.15, 0.2) is 18.7 Å². The molecule has 0 unspecified atom stereocenters. The van der Waals surface area contributed by atoms with Gasteiger partial charge in [0.1, 0.15) is 12.7 Å². The molecule has 128 valence electrons. The lowest BCUT2D eigenvalue weighted by molar-refractivity contribution is -0.122. The first kappa shape index (κ1) is 16.6. The second-order valence-corrected chi connectivity index (χ2v) is 7.02. The van der Waals surface area contributed by atoms with Crippen LogP contribution in [0.1, 0.15) is 52.2 Å². The molecule has 24 heavy (non-hydrogen) atoms. The highest BCUT2D eigenvalue weighted by molar-refractivity contribution is 7.14. The van der Waals surface area contributed by atoms with Gasteiger partial charge in [-0.15, -0.1) is 11.3 Å². The third-order valence-electron chi connectivity index (χ3n) is 4.07. The van der Waals surface area contributed by atoms with Crippen molar-refractivity contribution in [2.75, 3.05) is 0 Å². The summed E-state index contributed by atoms with van der Waals surface area (Å²) in [4.78, 5) is 29.8. The van der Waals surface area contributed by atoms with Gasteiger partial charge in [-0.2, -0.15) is 5.10 Å². The Morgan fingerprint density at radius 2 is 2.00 bits per heavy atom. The molecular formula is C16H21N5O2S. The molecule has 2 aromatic rings. The van der Waals surface area contributed by atoms with Crippen LogP contribution in [0.3, 0.4) is 0 Å². The van der Waals surface area contributed by atoms with Crippen LogP contribution in [0.25, 0.3) is 0 Å². The molecule has 1 aliphatic carbocycles. The molecule has 0 saturated heterocycles. The lowest BCUT2D eigenvalue weighted by atomic mass is 10.00. The molecule has 8 heteroatoms. The van der Waals surface area contributed by atoms with Gasteiger partial charge in [0.25, 0.3) is 5.91 Å². The number of aryl methyl sites for hydroxylation is 3. The fraction of sp³-hybridized carbons (Fsp3) is 0.500. The number of hydrogen-bond donors (Lipinski definition) is 2. The number of hydrogen-bond acceptors (Lipinski definition) is 5. The summed E-state index contributed by atoms with van der Waals surface area (Å²) in [6.07, 6.45) is 10.2. The van der Waals surface area contributed by atoms with Crippen LogP contribution < -0.4 is 10.9 Å². The largest absolute Gasteiger partial charge is 0.279 e. The summed E-state index contributed by atoms with van der Waals surface area (Å²) < 4.78 is 1.57. The second-order valence-electron chi connectivity index (χ2n) is 5.88. The van der Waals surface area contributed by atoms with Crippen LogP contribution in [0.4, 0.5) is 0 Å². The van der Waals surface area contributed by atoms with Gasteiger partial charge in [-0.3, -0.25) is 25.1 Å². The third kappa shape index (κ3) is 4.41.